The number of aromatic hydroxyl groups is 1. The summed E-state index contributed by atoms with van der Waals surface area (Å²) in [6.45, 7) is 6.56. The monoisotopic (exact) mass is 506 g/mol. The van der Waals surface area contributed by atoms with E-state index in [0.29, 0.717) is 22.3 Å². The number of fused-ring (bicyclic) bond motifs is 1. The number of aromatic amines is 1. The number of β-amino-alcohol motifs (C(OH)–C–C–N with tert-alkyl or cyclic N) is 1. The number of unbranched alkanes of at least 4 members (excludes halogenated alkanes) is 1. The molecule has 35 heavy (non-hydrogen) atoms. The van der Waals surface area contributed by atoms with Crippen LogP contribution in [0.2, 0.25) is 0 Å². The number of hydrogen-bond donors (Lipinski definition) is 6. The van der Waals surface area contributed by atoms with E-state index in [2.05, 4.69) is 43.2 Å². The van der Waals surface area contributed by atoms with Gasteiger partial charge in [0, 0.05) is 23.7 Å². The SMILES string of the molecule is CCCCOc1ccc(CC(C)(C)NC[C@H](O)c2cc(O)cc3[nH]c(=O)sc23)cc1.O=C(O)CO. The van der Waals surface area contributed by atoms with Crippen LogP contribution >= 0.6 is 11.3 Å². The number of ether oxygens (including phenoxy) is 1. The number of carbonyl (C=O) groups is 1. The number of carboxylic acids is 1. The lowest BCUT2D eigenvalue weighted by molar-refractivity contribution is -0.140. The second kappa shape index (κ2) is 13.2. The van der Waals surface area contributed by atoms with E-state index in [9.17, 15) is 15.0 Å². The van der Waals surface area contributed by atoms with Crippen molar-refractivity contribution in [2.24, 2.45) is 0 Å². The van der Waals surface area contributed by atoms with Crippen LogP contribution in [-0.2, 0) is 11.2 Å². The molecule has 0 saturated carbocycles. The molecule has 1 atom stereocenters. The van der Waals surface area contributed by atoms with Crippen molar-refractivity contribution in [3.05, 3.63) is 57.2 Å². The van der Waals surface area contributed by atoms with E-state index >= 15 is 0 Å². The van der Waals surface area contributed by atoms with Crippen molar-refractivity contribution < 1.29 is 30.0 Å². The number of H-pyrrole nitrogens is 1. The van der Waals surface area contributed by atoms with Gasteiger partial charge in [0.25, 0.3) is 0 Å². The van der Waals surface area contributed by atoms with Gasteiger partial charge in [-0.3, -0.25) is 4.79 Å². The average molecular weight is 507 g/mol. The second-order valence-electron chi connectivity index (χ2n) is 8.78. The fourth-order valence-corrected chi connectivity index (χ4v) is 4.29. The van der Waals surface area contributed by atoms with Crippen molar-refractivity contribution in [1.29, 1.82) is 0 Å². The molecule has 0 bridgehead atoms. The van der Waals surface area contributed by atoms with E-state index in [4.69, 9.17) is 19.7 Å². The van der Waals surface area contributed by atoms with Gasteiger partial charge in [0.15, 0.2) is 0 Å². The molecule has 0 saturated heterocycles. The van der Waals surface area contributed by atoms with Crippen LogP contribution in [-0.4, -0.2) is 56.7 Å². The standard InChI is InChI=1S/C23H30N2O4S.C2H4O3/c1-4-5-10-29-17-8-6-15(7-9-17)13-23(2,3)24-14-20(27)18-11-16(26)12-19-21(18)30-22(28)25-19;3-1-2(4)5/h6-9,11-12,20,24,26-27H,4-5,10,13-14H2,1-3H3,(H,25,28);3H,1H2,(H,4,5)/t20-;/m0./s1. The Morgan fingerprint density at radius 2 is 1.89 bits per heavy atom. The number of hydrogen-bond acceptors (Lipinski definition) is 8. The predicted octanol–water partition coefficient (Wildman–Crippen LogP) is 3.18. The number of nitrogens with one attached hydrogen (secondary N) is 2. The molecule has 10 heteroatoms. The van der Waals surface area contributed by atoms with Crippen LogP contribution in [0.3, 0.4) is 0 Å². The van der Waals surface area contributed by atoms with E-state index in [1.807, 2.05) is 12.1 Å². The van der Waals surface area contributed by atoms with E-state index in [-0.39, 0.29) is 16.2 Å². The van der Waals surface area contributed by atoms with Gasteiger partial charge in [0.2, 0.25) is 0 Å². The largest absolute Gasteiger partial charge is 0.508 e. The zero-order valence-electron chi connectivity index (χ0n) is 20.2. The number of rotatable bonds is 11. The molecule has 0 aliphatic carbocycles. The number of carboxylic acid groups (broad SMARTS) is 1. The molecule has 0 aliphatic heterocycles. The number of aromatic nitrogens is 1. The maximum Gasteiger partial charge on any atom is 0.329 e. The van der Waals surface area contributed by atoms with Crippen LogP contribution in [0.5, 0.6) is 11.5 Å². The third-order valence-corrected chi connectivity index (χ3v) is 6.09. The first kappa shape index (κ1) is 28.3. The number of aliphatic carboxylic acids is 1. The molecule has 1 aromatic heterocycles. The zero-order chi connectivity index (χ0) is 26.0. The molecule has 0 aliphatic rings. The summed E-state index contributed by atoms with van der Waals surface area (Å²) in [4.78, 5) is 23.3. The average Bonchev–Trinajstić information content (AvgIpc) is 3.18. The molecule has 0 unspecified atom stereocenters. The smallest absolute Gasteiger partial charge is 0.329 e. The minimum Gasteiger partial charge on any atom is -0.508 e. The molecule has 192 valence electrons. The summed E-state index contributed by atoms with van der Waals surface area (Å²) in [6.07, 6.45) is 2.09. The molecule has 0 spiro atoms. The summed E-state index contributed by atoms with van der Waals surface area (Å²) < 4.78 is 6.38. The summed E-state index contributed by atoms with van der Waals surface area (Å²) in [5.41, 5.74) is 2.01. The minimum absolute atomic E-state index is 0.0195. The van der Waals surface area contributed by atoms with E-state index < -0.39 is 18.7 Å². The molecule has 3 aromatic rings. The third kappa shape index (κ3) is 9.33. The molecule has 0 fully saturated rings. The summed E-state index contributed by atoms with van der Waals surface area (Å²) in [5, 5.41) is 39.1. The minimum atomic E-state index is -1.19. The van der Waals surface area contributed by atoms with Crippen molar-refractivity contribution in [3.8, 4) is 11.5 Å². The molecular formula is C25H34N2O7S. The Labute approximate surface area is 208 Å². The van der Waals surface area contributed by atoms with Crippen molar-refractivity contribution in [2.45, 2.75) is 51.7 Å². The van der Waals surface area contributed by atoms with Crippen molar-refractivity contribution >= 4 is 27.5 Å². The van der Waals surface area contributed by atoms with Gasteiger partial charge < -0.3 is 35.5 Å². The Morgan fingerprint density at radius 3 is 2.49 bits per heavy atom. The van der Waals surface area contributed by atoms with Gasteiger partial charge in [-0.2, -0.15) is 0 Å². The maximum atomic E-state index is 11.7. The molecular weight excluding hydrogens is 472 g/mol. The highest BCUT2D eigenvalue weighted by atomic mass is 32.1. The predicted molar refractivity (Wildman–Crippen MR) is 136 cm³/mol. The van der Waals surface area contributed by atoms with Gasteiger partial charge in [-0.05, 0) is 50.5 Å². The highest BCUT2D eigenvalue weighted by Crippen LogP contribution is 2.30. The van der Waals surface area contributed by atoms with Crippen LogP contribution < -0.4 is 14.9 Å². The van der Waals surface area contributed by atoms with Crippen LogP contribution in [0.25, 0.3) is 10.2 Å². The molecule has 1 heterocycles. The van der Waals surface area contributed by atoms with Crippen LogP contribution in [0.15, 0.2) is 41.2 Å². The van der Waals surface area contributed by atoms with E-state index in [1.165, 1.54) is 17.7 Å². The van der Waals surface area contributed by atoms with Gasteiger partial charge >= 0.3 is 10.8 Å². The van der Waals surface area contributed by atoms with E-state index in [0.717, 1.165) is 43.0 Å². The van der Waals surface area contributed by atoms with Gasteiger partial charge in [-0.25, -0.2) is 4.79 Å². The van der Waals surface area contributed by atoms with Gasteiger partial charge in [-0.1, -0.05) is 36.8 Å². The lowest BCUT2D eigenvalue weighted by atomic mass is 9.94. The number of aliphatic hydroxyl groups is 2. The Balaban J connectivity index is 0.000000784. The zero-order valence-corrected chi connectivity index (χ0v) is 21.0. The molecule has 2 aromatic carbocycles. The molecule has 0 amide bonds. The Hall–Kier alpha value is -2.92. The molecule has 9 nitrogen and oxygen atoms in total. The molecule has 0 radical (unpaired) electrons. The number of thiazole rings is 1. The summed E-state index contributed by atoms with van der Waals surface area (Å²) in [7, 11) is 0. The summed E-state index contributed by atoms with van der Waals surface area (Å²) >= 11 is 1.04. The first-order valence-corrected chi connectivity index (χ1v) is 12.2. The number of benzene rings is 2. The van der Waals surface area contributed by atoms with Crippen LogP contribution in [0, 0.1) is 0 Å². The highest BCUT2D eigenvalue weighted by Gasteiger charge is 2.22. The van der Waals surface area contributed by atoms with Gasteiger partial charge in [0.1, 0.15) is 18.1 Å². The third-order valence-electron chi connectivity index (χ3n) is 5.14. The van der Waals surface area contributed by atoms with Crippen LogP contribution in [0.1, 0.15) is 50.8 Å². The fourth-order valence-electron chi connectivity index (χ4n) is 3.41. The Bertz CT molecular complexity index is 1140. The number of phenols is 1. The van der Waals surface area contributed by atoms with Crippen molar-refractivity contribution in [2.75, 3.05) is 19.8 Å². The van der Waals surface area contributed by atoms with Gasteiger partial charge in [-0.15, -0.1) is 0 Å². The summed E-state index contributed by atoms with van der Waals surface area (Å²) in [6, 6.07) is 11.1. The van der Waals surface area contributed by atoms with Gasteiger partial charge in [0.05, 0.1) is 22.9 Å². The number of phenolic OH excluding ortho intramolecular Hbond substituents is 1. The van der Waals surface area contributed by atoms with E-state index in [1.54, 1.807) is 0 Å². The Kier molecular flexibility index (Phi) is 10.7. The fraction of sp³-hybridized carbons (Fsp3) is 0.440. The Morgan fingerprint density at radius 1 is 1.23 bits per heavy atom. The summed E-state index contributed by atoms with van der Waals surface area (Å²) in [5.74, 6) is -0.289. The quantitative estimate of drug-likeness (QED) is 0.217. The lowest BCUT2D eigenvalue weighted by Gasteiger charge is -2.28. The first-order chi connectivity index (χ1) is 16.5. The van der Waals surface area contributed by atoms with Crippen molar-refractivity contribution in [1.82, 2.24) is 10.3 Å². The van der Waals surface area contributed by atoms with Crippen LogP contribution in [0.4, 0.5) is 0 Å². The topological polar surface area (TPSA) is 152 Å². The lowest BCUT2D eigenvalue weighted by Crippen LogP contribution is -2.43. The molecule has 3 rings (SSSR count). The number of aliphatic hydroxyl groups excluding tert-OH is 2. The normalized spacial score (nSPS) is 12.1. The maximum absolute atomic E-state index is 11.7. The van der Waals surface area contributed by atoms with Crippen molar-refractivity contribution in [3.63, 3.8) is 0 Å². The highest BCUT2D eigenvalue weighted by molar-refractivity contribution is 7.16. The molecule has 6 N–H and O–H groups in total. The second-order valence-corrected chi connectivity index (χ2v) is 9.76. The first-order valence-electron chi connectivity index (χ1n) is 11.4.